The van der Waals surface area contributed by atoms with Crippen molar-refractivity contribution in [1.82, 2.24) is 14.5 Å². The predicted octanol–water partition coefficient (Wildman–Crippen LogP) is 1.80. The van der Waals surface area contributed by atoms with Crippen LogP contribution in [0.5, 0.6) is 0 Å². The summed E-state index contributed by atoms with van der Waals surface area (Å²) in [5.74, 6) is 0.291. The molecule has 2 aromatic heterocycles. The van der Waals surface area contributed by atoms with Crippen LogP contribution in [-0.2, 0) is 6.54 Å². The molecule has 0 bridgehead atoms. The van der Waals surface area contributed by atoms with E-state index in [4.69, 9.17) is 16.0 Å². The van der Waals surface area contributed by atoms with Crippen LogP contribution >= 0.6 is 11.6 Å². The van der Waals surface area contributed by atoms with Gasteiger partial charge in [-0.1, -0.05) is 17.7 Å². The molecule has 9 nitrogen and oxygen atoms in total. The zero-order valence-corrected chi connectivity index (χ0v) is 12.7. The van der Waals surface area contributed by atoms with E-state index in [1.165, 1.54) is 6.26 Å². The summed E-state index contributed by atoms with van der Waals surface area (Å²) in [5.41, 5.74) is -1.56. The van der Waals surface area contributed by atoms with Crippen LogP contribution in [0.1, 0.15) is 5.69 Å². The van der Waals surface area contributed by atoms with E-state index in [0.29, 0.717) is 22.2 Å². The maximum absolute atomic E-state index is 11.7. The van der Waals surface area contributed by atoms with Crippen molar-refractivity contribution in [2.24, 2.45) is 0 Å². The highest BCUT2D eigenvalue weighted by Crippen LogP contribution is 2.22. The SMILES string of the molecule is O=c1[nH]c(=O)n(Cc2coc(-c3cccc(Cl)c3)n2)cc1[N+](=O)[O-]. The monoisotopic (exact) mass is 348 g/mol. The first-order valence-corrected chi connectivity index (χ1v) is 7.00. The Hall–Kier alpha value is -3.20. The Bertz CT molecular complexity index is 1040. The fourth-order valence-corrected chi connectivity index (χ4v) is 2.24. The van der Waals surface area contributed by atoms with Crippen LogP contribution in [0, 0.1) is 10.1 Å². The number of hydrogen-bond donors (Lipinski definition) is 1. The van der Waals surface area contributed by atoms with Crippen molar-refractivity contribution >= 4 is 17.3 Å². The van der Waals surface area contributed by atoms with Gasteiger partial charge in [-0.05, 0) is 18.2 Å². The minimum Gasteiger partial charge on any atom is -0.444 e. The van der Waals surface area contributed by atoms with E-state index in [2.05, 4.69) is 4.98 Å². The largest absolute Gasteiger partial charge is 0.444 e. The highest BCUT2D eigenvalue weighted by Gasteiger charge is 2.16. The lowest BCUT2D eigenvalue weighted by molar-refractivity contribution is -0.386. The second-order valence-electron chi connectivity index (χ2n) is 4.81. The molecule has 1 N–H and O–H groups in total. The van der Waals surface area contributed by atoms with Gasteiger partial charge in [-0.25, -0.2) is 9.78 Å². The Morgan fingerprint density at radius 1 is 1.38 bits per heavy atom. The highest BCUT2D eigenvalue weighted by molar-refractivity contribution is 6.30. The first-order chi connectivity index (χ1) is 11.4. The van der Waals surface area contributed by atoms with E-state index < -0.39 is 21.9 Å². The Morgan fingerprint density at radius 2 is 2.17 bits per heavy atom. The number of hydrogen-bond acceptors (Lipinski definition) is 6. The van der Waals surface area contributed by atoms with Crippen molar-refractivity contribution in [2.45, 2.75) is 6.54 Å². The molecule has 122 valence electrons. The van der Waals surface area contributed by atoms with Gasteiger partial charge in [0.15, 0.2) is 0 Å². The second-order valence-corrected chi connectivity index (χ2v) is 5.25. The number of nitro groups is 1. The van der Waals surface area contributed by atoms with E-state index >= 15 is 0 Å². The summed E-state index contributed by atoms with van der Waals surface area (Å²) in [6.07, 6.45) is 2.19. The van der Waals surface area contributed by atoms with Gasteiger partial charge >= 0.3 is 16.9 Å². The number of benzene rings is 1. The van der Waals surface area contributed by atoms with Gasteiger partial charge in [0.05, 0.1) is 23.4 Å². The van der Waals surface area contributed by atoms with E-state index in [9.17, 15) is 19.7 Å². The fourth-order valence-electron chi connectivity index (χ4n) is 2.05. The Balaban J connectivity index is 1.93. The quantitative estimate of drug-likeness (QED) is 0.566. The smallest absolute Gasteiger partial charge is 0.350 e. The third-order valence-corrected chi connectivity index (χ3v) is 3.38. The number of aromatic nitrogens is 3. The second kappa shape index (κ2) is 6.13. The van der Waals surface area contributed by atoms with Gasteiger partial charge in [-0.2, -0.15) is 0 Å². The van der Waals surface area contributed by atoms with Crippen LogP contribution in [0.25, 0.3) is 11.5 Å². The average molecular weight is 349 g/mol. The van der Waals surface area contributed by atoms with Crippen molar-refractivity contribution in [3.63, 3.8) is 0 Å². The van der Waals surface area contributed by atoms with Crippen molar-refractivity contribution in [3.8, 4) is 11.5 Å². The molecule has 1 aromatic carbocycles. The minimum absolute atomic E-state index is 0.0967. The van der Waals surface area contributed by atoms with E-state index in [0.717, 1.165) is 10.8 Å². The van der Waals surface area contributed by atoms with Crippen molar-refractivity contribution in [3.05, 3.63) is 78.4 Å². The fraction of sp³-hybridized carbons (Fsp3) is 0.0714. The summed E-state index contributed by atoms with van der Waals surface area (Å²) in [6, 6.07) is 6.85. The molecule has 3 aromatic rings. The summed E-state index contributed by atoms with van der Waals surface area (Å²) in [6.45, 7) is -0.0967. The van der Waals surface area contributed by atoms with Gasteiger partial charge in [0.25, 0.3) is 0 Å². The number of halogens is 1. The van der Waals surface area contributed by atoms with Crippen LogP contribution in [0.4, 0.5) is 5.69 Å². The number of oxazole rings is 1. The molecular formula is C14H9ClN4O5. The molecule has 0 aliphatic heterocycles. The van der Waals surface area contributed by atoms with Crippen LogP contribution in [0.2, 0.25) is 5.02 Å². The topological polar surface area (TPSA) is 124 Å². The number of nitrogens with zero attached hydrogens (tertiary/aromatic N) is 3. The molecule has 0 amide bonds. The molecule has 10 heteroatoms. The van der Waals surface area contributed by atoms with Crippen molar-refractivity contribution < 1.29 is 9.34 Å². The molecule has 0 saturated heterocycles. The Kier molecular flexibility index (Phi) is 4.00. The third kappa shape index (κ3) is 3.10. The lowest BCUT2D eigenvalue weighted by atomic mass is 10.2. The molecule has 24 heavy (non-hydrogen) atoms. The van der Waals surface area contributed by atoms with Gasteiger partial charge in [-0.15, -0.1) is 0 Å². The molecule has 0 atom stereocenters. The average Bonchev–Trinajstić information content (AvgIpc) is 2.98. The van der Waals surface area contributed by atoms with E-state index in [-0.39, 0.29) is 6.54 Å². The van der Waals surface area contributed by atoms with Crippen LogP contribution in [0.3, 0.4) is 0 Å². The summed E-state index contributed by atoms with van der Waals surface area (Å²) in [7, 11) is 0. The summed E-state index contributed by atoms with van der Waals surface area (Å²) < 4.78 is 6.30. The van der Waals surface area contributed by atoms with Gasteiger partial charge in [0.1, 0.15) is 6.26 Å². The Labute approximate surface area is 138 Å². The lowest BCUT2D eigenvalue weighted by Crippen LogP contribution is -2.31. The standard InChI is InChI=1S/C14H9ClN4O5/c15-9-3-1-2-8(4-9)13-16-10(7-24-13)5-18-6-11(19(22)23)12(20)17-14(18)21/h1-4,6-7H,5H2,(H,17,20,21). The van der Waals surface area contributed by atoms with Crippen molar-refractivity contribution in [2.75, 3.05) is 0 Å². The molecule has 0 saturated carbocycles. The molecule has 0 fully saturated rings. The minimum atomic E-state index is -1.05. The lowest BCUT2D eigenvalue weighted by Gasteiger charge is -2.01. The van der Waals surface area contributed by atoms with E-state index in [1.54, 1.807) is 24.3 Å². The van der Waals surface area contributed by atoms with Gasteiger partial charge in [0.2, 0.25) is 5.89 Å². The highest BCUT2D eigenvalue weighted by atomic mass is 35.5. The molecule has 0 aliphatic rings. The molecule has 0 radical (unpaired) electrons. The maximum atomic E-state index is 11.7. The Morgan fingerprint density at radius 3 is 2.88 bits per heavy atom. The maximum Gasteiger partial charge on any atom is 0.350 e. The first-order valence-electron chi connectivity index (χ1n) is 6.62. The number of rotatable bonds is 4. The third-order valence-electron chi connectivity index (χ3n) is 3.14. The van der Waals surface area contributed by atoms with Gasteiger partial charge in [0, 0.05) is 10.6 Å². The molecule has 0 unspecified atom stereocenters. The normalized spacial score (nSPS) is 10.7. The summed E-state index contributed by atoms with van der Waals surface area (Å²) in [5, 5.41) is 11.3. The zero-order valence-electron chi connectivity index (χ0n) is 11.9. The van der Waals surface area contributed by atoms with Crippen LogP contribution in [-0.4, -0.2) is 19.5 Å². The predicted molar refractivity (Wildman–Crippen MR) is 84.0 cm³/mol. The summed E-state index contributed by atoms with van der Waals surface area (Å²) in [4.78, 5) is 39.1. The van der Waals surface area contributed by atoms with Crippen molar-refractivity contribution in [1.29, 1.82) is 0 Å². The van der Waals surface area contributed by atoms with Gasteiger partial charge in [-0.3, -0.25) is 24.5 Å². The number of H-pyrrole nitrogens is 1. The molecule has 0 spiro atoms. The van der Waals surface area contributed by atoms with Gasteiger partial charge < -0.3 is 4.42 Å². The molecule has 3 rings (SSSR count). The van der Waals surface area contributed by atoms with E-state index in [1.807, 2.05) is 4.98 Å². The van der Waals surface area contributed by atoms with Crippen LogP contribution in [0.15, 0.2) is 50.7 Å². The first kappa shape index (κ1) is 15.7. The molecule has 0 aliphatic carbocycles. The number of nitrogens with one attached hydrogen (secondary N) is 1. The summed E-state index contributed by atoms with van der Waals surface area (Å²) >= 11 is 5.90. The zero-order chi connectivity index (χ0) is 17.3. The van der Waals surface area contributed by atoms with Crippen LogP contribution < -0.4 is 11.2 Å². The number of aromatic amines is 1. The molecule has 2 heterocycles. The molecular weight excluding hydrogens is 340 g/mol.